The van der Waals surface area contributed by atoms with Crippen LogP contribution in [0.25, 0.3) is 0 Å². The van der Waals surface area contributed by atoms with Crippen LogP contribution in [0.15, 0.2) is 29.3 Å². The van der Waals surface area contributed by atoms with Gasteiger partial charge in [-0.3, -0.25) is 0 Å². The fourth-order valence-corrected chi connectivity index (χ4v) is 3.81. The summed E-state index contributed by atoms with van der Waals surface area (Å²) in [5.74, 6) is 5.11. The number of aromatic nitrogens is 3. The van der Waals surface area contributed by atoms with E-state index >= 15 is 0 Å². The molecule has 1 saturated heterocycles. The Morgan fingerprint density at radius 1 is 1.27 bits per heavy atom. The van der Waals surface area contributed by atoms with E-state index in [2.05, 4.69) is 46.4 Å². The van der Waals surface area contributed by atoms with Gasteiger partial charge in [0.1, 0.15) is 11.6 Å². The Labute approximate surface area is 197 Å². The van der Waals surface area contributed by atoms with Crippen molar-refractivity contribution in [2.24, 2.45) is 23.9 Å². The summed E-state index contributed by atoms with van der Waals surface area (Å²) < 4.78 is 7.26. The highest BCUT2D eigenvalue weighted by Crippen LogP contribution is 2.23. The molecule has 1 fully saturated rings. The van der Waals surface area contributed by atoms with Crippen molar-refractivity contribution in [1.29, 1.82) is 0 Å². The van der Waals surface area contributed by atoms with Crippen LogP contribution in [0.1, 0.15) is 43.9 Å². The van der Waals surface area contributed by atoms with Crippen LogP contribution >= 0.6 is 24.0 Å². The van der Waals surface area contributed by atoms with E-state index < -0.39 is 0 Å². The highest BCUT2D eigenvalue weighted by Gasteiger charge is 2.25. The van der Waals surface area contributed by atoms with Gasteiger partial charge in [-0.05, 0) is 49.3 Å². The molecule has 1 aromatic carbocycles. The summed E-state index contributed by atoms with van der Waals surface area (Å²) in [5, 5.41) is 11.9. The zero-order valence-electron chi connectivity index (χ0n) is 18.8. The fraction of sp³-hybridized carbons (Fsp3) is 0.591. The van der Waals surface area contributed by atoms with E-state index in [4.69, 9.17) is 9.73 Å². The molecule has 2 heterocycles. The minimum atomic E-state index is 0. The first-order valence-corrected chi connectivity index (χ1v) is 10.5. The van der Waals surface area contributed by atoms with Crippen molar-refractivity contribution in [3.05, 3.63) is 41.5 Å². The molecule has 1 atom stereocenters. The first-order chi connectivity index (χ1) is 14.0. The number of hydrogen-bond donors (Lipinski definition) is 1. The van der Waals surface area contributed by atoms with E-state index in [9.17, 15) is 0 Å². The quantitative estimate of drug-likeness (QED) is 0.338. The minimum Gasteiger partial charge on any atom is -0.497 e. The van der Waals surface area contributed by atoms with Crippen molar-refractivity contribution in [2.45, 2.75) is 46.7 Å². The van der Waals surface area contributed by atoms with Crippen LogP contribution in [0.2, 0.25) is 0 Å². The Morgan fingerprint density at radius 2 is 2.00 bits per heavy atom. The Kier molecular flexibility index (Phi) is 9.38. The zero-order chi connectivity index (χ0) is 20.8. The molecule has 0 amide bonds. The number of halogens is 1. The van der Waals surface area contributed by atoms with Gasteiger partial charge >= 0.3 is 0 Å². The maximum atomic E-state index is 5.25. The van der Waals surface area contributed by atoms with Crippen molar-refractivity contribution in [3.63, 3.8) is 0 Å². The average molecular weight is 526 g/mol. The van der Waals surface area contributed by atoms with E-state index in [0.717, 1.165) is 53.8 Å². The molecule has 3 rings (SSSR count). The van der Waals surface area contributed by atoms with Crippen molar-refractivity contribution in [1.82, 2.24) is 25.0 Å². The molecule has 8 heteroatoms. The van der Waals surface area contributed by atoms with Crippen molar-refractivity contribution >= 4 is 29.9 Å². The van der Waals surface area contributed by atoms with Gasteiger partial charge in [-0.15, -0.1) is 34.2 Å². The summed E-state index contributed by atoms with van der Waals surface area (Å²) in [6.45, 7) is 9.92. The summed E-state index contributed by atoms with van der Waals surface area (Å²) in [6, 6.07) is 8.10. The molecule has 0 spiro atoms. The Morgan fingerprint density at radius 3 is 2.60 bits per heavy atom. The fourth-order valence-electron chi connectivity index (χ4n) is 3.81. The molecule has 166 valence electrons. The van der Waals surface area contributed by atoms with Crippen LogP contribution in [0.5, 0.6) is 5.75 Å². The van der Waals surface area contributed by atoms with Crippen molar-refractivity contribution in [2.75, 3.05) is 20.2 Å². The second-order valence-corrected chi connectivity index (χ2v) is 8.29. The molecule has 2 aromatic rings. The molecule has 0 radical (unpaired) electrons. The maximum Gasteiger partial charge on any atom is 0.194 e. The van der Waals surface area contributed by atoms with Gasteiger partial charge in [0.05, 0.1) is 20.2 Å². The largest absolute Gasteiger partial charge is 0.497 e. The van der Waals surface area contributed by atoms with Gasteiger partial charge in [-0.2, -0.15) is 0 Å². The zero-order valence-corrected chi connectivity index (χ0v) is 21.1. The monoisotopic (exact) mass is 526 g/mol. The lowest BCUT2D eigenvalue weighted by Gasteiger charge is -2.22. The molecular weight excluding hydrogens is 491 g/mol. The second kappa shape index (κ2) is 11.5. The maximum absolute atomic E-state index is 5.25. The van der Waals surface area contributed by atoms with Crippen LogP contribution in [-0.4, -0.2) is 45.8 Å². The molecule has 0 aliphatic carbocycles. The molecule has 0 saturated carbocycles. The lowest BCUT2D eigenvalue weighted by Crippen LogP contribution is -2.40. The number of hydrogen-bond acceptors (Lipinski definition) is 4. The van der Waals surface area contributed by atoms with Crippen LogP contribution in [0.3, 0.4) is 0 Å². The number of guanidine groups is 1. The van der Waals surface area contributed by atoms with Crippen LogP contribution < -0.4 is 10.1 Å². The molecule has 7 nitrogen and oxygen atoms in total. The van der Waals surface area contributed by atoms with Crippen LogP contribution in [0, 0.1) is 18.8 Å². The molecule has 1 aromatic heterocycles. The number of nitrogens with one attached hydrogen (secondary N) is 1. The Balaban J connectivity index is 0.00000320. The second-order valence-electron chi connectivity index (χ2n) is 8.29. The predicted molar refractivity (Wildman–Crippen MR) is 131 cm³/mol. The first-order valence-electron chi connectivity index (χ1n) is 10.5. The summed E-state index contributed by atoms with van der Waals surface area (Å²) >= 11 is 0. The predicted octanol–water partition coefficient (Wildman–Crippen LogP) is 3.76. The summed E-state index contributed by atoms with van der Waals surface area (Å²) in [7, 11) is 3.68. The smallest absolute Gasteiger partial charge is 0.194 e. The Hall–Kier alpha value is -1.84. The topological polar surface area (TPSA) is 67.6 Å². The van der Waals surface area contributed by atoms with Crippen LogP contribution in [0.4, 0.5) is 0 Å². The van der Waals surface area contributed by atoms with E-state index in [-0.39, 0.29) is 24.0 Å². The van der Waals surface area contributed by atoms with Gasteiger partial charge < -0.3 is 19.5 Å². The number of likely N-dealkylation sites (tertiary alicyclic amines) is 1. The summed E-state index contributed by atoms with van der Waals surface area (Å²) in [4.78, 5) is 7.32. The number of aliphatic imine (C=N–C) groups is 1. The number of ether oxygens (including phenoxy) is 1. The van der Waals surface area contributed by atoms with Gasteiger partial charge in [-0.1, -0.05) is 26.0 Å². The lowest BCUT2D eigenvalue weighted by molar-refractivity contribution is 0.402. The number of rotatable bonds is 7. The van der Waals surface area contributed by atoms with Crippen molar-refractivity contribution < 1.29 is 4.74 Å². The van der Waals surface area contributed by atoms with Crippen molar-refractivity contribution in [3.8, 4) is 5.75 Å². The molecule has 1 aliphatic rings. The number of nitrogens with zero attached hydrogens (tertiary/aromatic N) is 5. The number of aryl methyl sites for hydroxylation is 1. The molecule has 1 unspecified atom stereocenters. The van der Waals surface area contributed by atoms with Gasteiger partial charge in [0.2, 0.25) is 0 Å². The van der Waals surface area contributed by atoms with Crippen LogP contribution in [-0.2, 0) is 20.1 Å². The van der Waals surface area contributed by atoms with Gasteiger partial charge in [0, 0.05) is 20.1 Å². The van der Waals surface area contributed by atoms with E-state index in [0.29, 0.717) is 13.1 Å². The van der Waals surface area contributed by atoms with E-state index in [1.165, 1.54) is 12.8 Å². The van der Waals surface area contributed by atoms with E-state index in [1.807, 2.05) is 30.7 Å². The van der Waals surface area contributed by atoms with Gasteiger partial charge in [0.15, 0.2) is 11.8 Å². The highest BCUT2D eigenvalue weighted by atomic mass is 127. The van der Waals surface area contributed by atoms with Gasteiger partial charge in [-0.25, -0.2) is 4.99 Å². The van der Waals surface area contributed by atoms with E-state index in [1.54, 1.807) is 7.11 Å². The Bertz CT molecular complexity index is 818. The molecule has 30 heavy (non-hydrogen) atoms. The minimum absolute atomic E-state index is 0. The number of benzene rings is 1. The standard InChI is InChI=1S/C22H34N6O.HI/c1-16(2)12-19-10-11-28(15-19)22(24-14-21-26-25-17(3)27(21)4)23-13-18-6-8-20(29-5)9-7-18;/h6-9,16,19H,10-15H2,1-5H3,(H,23,24);1H. The molecular formula is C22H35IN6O. The summed E-state index contributed by atoms with van der Waals surface area (Å²) in [6.07, 6.45) is 2.50. The highest BCUT2D eigenvalue weighted by molar-refractivity contribution is 14.0. The van der Waals surface area contributed by atoms with Gasteiger partial charge in [0.25, 0.3) is 0 Å². The molecule has 1 N–H and O–H groups in total. The molecule has 0 bridgehead atoms. The average Bonchev–Trinajstić information content (AvgIpc) is 3.29. The first kappa shape index (κ1) is 24.4. The normalized spacial score (nSPS) is 16.7. The SMILES string of the molecule is COc1ccc(CN=C(NCc2nnc(C)n2C)N2CCC(CC(C)C)C2)cc1.I. The third-order valence-corrected chi connectivity index (χ3v) is 5.55. The number of methoxy groups -OCH3 is 1. The lowest BCUT2D eigenvalue weighted by atomic mass is 9.97. The third kappa shape index (κ3) is 6.58. The third-order valence-electron chi connectivity index (χ3n) is 5.55. The molecule has 1 aliphatic heterocycles. The summed E-state index contributed by atoms with van der Waals surface area (Å²) in [5.41, 5.74) is 1.16.